The Morgan fingerprint density at radius 3 is 2.54 bits per heavy atom. The van der Waals surface area contributed by atoms with Gasteiger partial charge in [0.15, 0.2) is 5.54 Å². The van der Waals surface area contributed by atoms with E-state index in [0.29, 0.717) is 23.5 Å². The van der Waals surface area contributed by atoms with Crippen LogP contribution >= 0.6 is 0 Å². The first-order valence-electron chi connectivity index (χ1n) is 8.87. The van der Waals surface area contributed by atoms with Gasteiger partial charge in [-0.15, -0.1) is 0 Å². The number of fused-ring (bicyclic) bond motifs is 1. The Kier molecular flexibility index (Phi) is 4.26. The molecular weight excluding hydrogens is 365 g/mol. The molecule has 144 valence electrons. The van der Waals surface area contributed by atoms with E-state index in [1.54, 1.807) is 18.2 Å². The van der Waals surface area contributed by atoms with E-state index >= 15 is 0 Å². The lowest BCUT2D eigenvalue weighted by molar-refractivity contribution is -0.124. The van der Waals surface area contributed by atoms with Crippen LogP contribution in [0.15, 0.2) is 42.5 Å². The number of imide groups is 1. The van der Waals surface area contributed by atoms with Gasteiger partial charge in [0.05, 0.1) is 13.2 Å². The molecule has 2 aliphatic heterocycles. The van der Waals surface area contributed by atoms with E-state index in [0.717, 1.165) is 5.56 Å². The van der Waals surface area contributed by atoms with Crippen molar-refractivity contribution in [3.8, 4) is 5.75 Å². The molecule has 0 unspecified atom stereocenters. The molecule has 28 heavy (non-hydrogen) atoms. The summed E-state index contributed by atoms with van der Waals surface area (Å²) < 4.78 is 18.8. The Balaban J connectivity index is 1.67. The molecule has 2 aliphatic rings. The molecule has 0 aromatic heterocycles. The summed E-state index contributed by atoms with van der Waals surface area (Å²) in [7, 11) is 0. The van der Waals surface area contributed by atoms with Gasteiger partial charge in [0, 0.05) is 12.1 Å². The van der Waals surface area contributed by atoms with E-state index in [-0.39, 0.29) is 19.0 Å². The number of halogens is 1. The molecule has 1 atom stereocenters. The summed E-state index contributed by atoms with van der Waals surface area (Å²) in [6, 6.07) is 9.85. The number of carbonyl (C=O) groups excluding carboxylic acids is 3. The zero-order valence-corrected chi connectivity index (χ0v) is 15.1. The lowest BCUT2D eigenvalue weighted by Crippen LogP contribution is -2.52. The van der Waals surface area contributed by atoms with Crippen LogP contribution in [0.25, 0.3) is 0 Å². The highest BCUT2D eigenvalue weighted by molar-refractivity contribution is 6.08. The number of carbonyl (C=O) groups is 3. The summed E-state index contributed by atoms with van der Waals surface area (Å²) >= 11 is 0. The maximum Gasteiger partial charge on any atom is 0.322 e. The molecule has 2 aromatic carbocycles. The first-order valence-corrected chi connectivity index (χ1v) is 8.87. The molecule has 2 N–H and O–H groups in total. The largest absolute Gasteiger partial charge is 0.494 e. The third-order valence-corrected chi connectivity index (χ3v) is 4.97. The molecule has 0 spiro atoms. The lowest BCUT2D eigenvalue weighted by atomic mass is 9.89. The molecule has 0 bridgehead atoms. The van der Waals surface area contributed by atoms with Crippen molar-refractivity contribution in [1.82, 2.24) is 15.5 Å². The Morgan fingerprint density at radius 2 is 1.89 bits per heavy atom. The van der Waals surface area contributed by atoms with E-state index in [9.17, 15) is 18.8 Å². The average Bonchev–Trinajstić information content (AvgIpc) is 3.12. The van der Waals surface area contributed by atoms with Crippen LogP contribution in [0.4, 0.5) is 9.18 Å². The Morgan fingerprint density at radius 1 is 1.14 bits per heavy atom. The average molecular weight is 383 g/mol. The van der Waals surface area contributed by atoms with Crippen molar-refractivity contribution in [3.05, 3.63) is 65.0 Å². The predicted molar refractivity (Wildman–Crippen MR) is 97.1 cm³/mol. The van der Waals surface area contributed by atoms with Crippen LogP contribution in [0, 0.1) is 5.82 Å². The minimum atomic E-state index is -1.48. The van der Waals surface area contributed by atoms with Crippen molar-refractivity contribution in [2.75, 3.05) is 13.2 Å². The quantitative estimate of drug-likeness (QED) is 0.773. The van der Waals surface area contributed by atoms with Crippen LogP contribution < -0.4 is 15.4 Å². The molecule has 8 heteroatoms. The van der Waals surface area contributed by atoms with Gasteiger partial charge in [0.1, 0.15) is 11.6 Å². The van der Waals surface area contributed by atoms with Gasteiger partial charge < -0.3 is 15.0 Å². The maximum absolute atomic E-state index is 13.4. The highest BCUT2D eigenvalue weighted by atomic mass is 19.1. The number of rotatable bonds is 5. The summed E-state index contributed by atoms with van der Waals surface area (Å²) in [6.07, 6.45) is 0. The number of ether oxygens (including phenoxy) is 1. The first kappa shape index (κ1) is 18.0. The molecule has 4 rings (SSSR count). The molecule has 7 nitrogen and oxygen atoms in total. The fourth-order valence-corrected chi connectivity index (χ4v) is 3.66. The molecular formula is C20H18FN3O4. The third kappa shape index (κ3) is 2.87. The monoisotopic (exact) mass is 383 g/mol. The van der Waals surface area contributed by atoms with E-state index in [1.807, 2.05) is 6.92 Å². The van der Waals surface area contributed by atoms with E-state index in [2.05, 4.69) is 10.6 Å². The van der Waals surface area contributed by atoms with Crippen molar-refractivity contribution in [2.24, 2.45) is 0 Å². The van der Waals surface area contributed by atoms with Crippen molar-refractivity contribution >= 4 is 17.8 Å². The van der Waals surface area contributed by atoms with Crippen LogP contribution in [-0.2, 0) is 16.9 Å². The predicted octanol–water partition coefficient (Wildman–Crippen LogP) is 1.92. The van der Waals surface area contributed by atoms with Crippen LogP contribution in [0.3, 0.4) is 0 Å². The van der Waals surface area contributed by atoms with Gasteiger partial charge in [-0.05, 0) is 48.4 Å². The molecule has 0 saturated carbocycles. The molecule has 2 heterocycles. The SMILES string of the molecule is CCOc1ccc2c(c1)CN(C[C@@]1(c3ccc(F)cc3)NC(=O)NC1=O)C2=O. The zero-order chi connectivity index (χ0) is 19.9. The maximum atomic E-state index is 13.4. The highest BCUT2D eigenvalue weighted by Crippen LogP contribution is 2.32. The Hall–Kier alpha value is -3.42. The number of nitrogens with zero attached hydrogens (tertiary/aromatic N) is 1. The Labute approximate surface area is 160 Å². The van der Waals surface area contributed by atoms with Gasteiger partial charge >= 0.3 is 6.03 Å². The lowest BCUT2D eigenvalue weighted by Gasteiger charge is -2.31. The highest BCUT2D eigenvalue weighted by Gasteiger charge is 2.50. The summed E-state index contributed by atoms with van der Waals surface area (Å²) in [4.78, 5) is 38.9. The van der Waals surface area contributed by atoms with Gasteiger partial charge in [-0.3, -0.25) is 14.9 Å². The molecule has 0 aliphatic carbocycles. The second-order valence-corrected chi connectivity index (χ2v) is 6.73. The third-order valence-electron chi connectivity index (χ3n) is 4.97. The summed E-state index contributed by atoms with van der Waals surface area (Å²) in [5.41, 5.74) is 0.235. The fraction of sp³-hybridized carbons (Fsp3) is 0.250. The fourth-order valence-electron chi connectivity index (χ4n) is 3.66. The van der Waals surface area contributed by atoms with Crippen LogP contribution in [0.5, 0.6) is 5.75 Å². The van der Waals surface area contributed by atoms with Gasteiger partial charge in [-0.25, -0.2) is 9.18 Å². The smallest absolute Gasteiger partial charge is 0.322 e. The number of hydrogen-bond donors (Lipinski definition) is 2. The number of nitrogens with one attached hydrogen (secondary N) is 2. The first-order chi connectivity index (χ1) is 13.4. The molecule has 0 radical (unpaired) electrons. The van der Waals surface area contributed by atoms with Gasteiger partial charge in [0.2, 0.25) is 0 Å². The minimum Gasteiger partial charge on any atom is -0.494 e. The Bertz CT molecular complexity index is 976. The molecule has 1 saturated heterocycles. The molecule has 1 fully saturated rings. The minimum absolute atomic E-state index is 0.0757. The second-order valence-electron chi connectivity index (χ2n) is 6.73. The number of urea groups is 1. The van der Waals surface area contributed by atoms with Crippen LogP contribution in [-0.4, -0.2) is 35.9 Å². The van der Waals surface area contributed by atoms with Crippen LogP contribution in [0.1, 0.15) is 28.4 Å². The molecule has 4 amide bonds. The van der Waals surface area contributed by atoms with E-state index in [1.165, 1.54) is 29.2 Å². The number of hydrogen-bond acceptors (Lipinski definition) is 4. The number of benzene rings is 2. The van der Waals surface area contributed by atoms with Gasteiger partial charge in [-0.1, -0.05) is 12.1 Å². The van der Waals surface area contributed by atoms with Crippen molar-refractivity contribution in [1.29, 1.82) is 0 Å². The van der Waals surface area contributed by atoms with Gasteiger partial charge in [-0.2, -0.15) is 0 Å². The normalized spacial score (nSPS) is 20.8. The van der Waals surface area contributed by atoms with Crippen molar-refractivity contribution in [2.45, 2.75) is 19.0 Å². The van der Waals surface area contributed by atoms with Crippen molar-refractivity contribution < 1.29 is 23.5 Å². The van der Waals surface area contributed by atoms with Gasteiger partial charge in [0.25, 0.3) is 11.8 Å². The van der Waals surface area contributed by atoms with E-state index < -0.39 is 23.3 Å². The van der Waals surface area contributed by atoms with E-state index in [4.69, 9.17) is 4.74 Å². The summed E-state index contributed by atoms with van der Waals surface area (Å²) in [6.45, 7) is 2.59. The topological polar surface area (TPSA) is 87.7 Å². The molecule has 2 aromatic rings. The number of amides is 4. The van der Waals surface area contributed by atoms with Crippen LogP contribution in [0.2, 0.25) is 0 Å². The summed E-state index contributed by atoms with van der Waals surface area (Å²) in [5.74, 6) is -0.621. The second kappa shape index (κ2) is 6.63. The standard InChI is InChI=1S/C20H18FN3O4/c1-2-28-15-7-8-16-12(9-15)10-24(17(16)25)11-20(18(26)22-19(27)23-20)13-3-5-14(21)6-4-13/h3-9H,2,10-11H2,1H3,(H2,22,23,26,27)/t20-/m0/s1. The van der Waals surface area contributed by atoms with Crippen molar-refractivity contribution in [3.63, 3.8) is 0 Å². The zero-order valence-electron chi connectivity index (χ0n) is 15.1. The summed E-state index contributed by atoms with van der Waals surface area (Å²) in [5, 5.41) is 4.83.